The second-order valence-electron chi connectivity index (χ2n) is 15.2. The standard InChI is InChI=1S/C42H80O6/c1-6-7-8-9-15-22-27-32-40(43)46-35-39(48-42(45)34-29-24-19-18-21-26-31-38(4)5)36-47-41(44)33-28-23-17-14-12-10-11-13-16-20-25-30-37(2)3/h37-39H,6-36H2,1-5H3/t39-/m1/s1. The topological polar surface area (TPSA) is 78.9 Å². The van der Waals surface area contributed by atoms with Crippen LogP contribution in [-0.4, -0.2) is 37.2 Å². The van der Waals surface area contributed by atoms with Crippen molar-refractivity contribution in [1.82, 2.24) is 0 Å². The van der Waals surface area contributed by atoms with Gasteiger partial charge in [-0.2, -0.15) is 0 Å². The Hall–Kier alpha value is -1.59. The highest BCUT2D eigenvalue weighted by Gasteiger charge is 2.19. The molecule has 0 aromatic carbocycles. The minimum absolute atomic E-state index is 0.0669. The first-order valence-corrected chi connectivity index (χ1v) is 20.7. The summed E-state index contributed by atoms with van der Waals surface area (Å²) in [5.41, 5.74) is 0. The maximum atomic E-state index is 12.6. The van der Waals surface area contributed by atoms with Gasteiger partial charge in [0.25, 0.3) is 0 Å². The van der Waals surface area contributed by atoms with Gasteiger partial charge in [0.05, 0.1) is 0 Å². The zero-order chi connectivity index (χ0) is 35.5. The Bertz CT molecular complexity index is 734. The molecule has 0 aliphatic rings. The number of ether oxygens (including phenoxy) is 3. The monoisotopic (exact) mass is 681 g/mol. The molecule has 0 spiro atoms. The SMILES string of the molecule is CCCCCCCCCC(=O)OC[C@H](COC(=O)CCCCCCCCCCCCCC(C)C)OC(=O)CCCCCCCCC(C)C. The average molecular weight is 681 g/mol. The lowest BCUT2D eigenvalue weighted by Crippen LogP contribution is -2.30. The minimum Gasteiger partial charge on any atom is -0.462 e. The zero-order valence-electron chi connectivity index (χ0n) is 32.6. The van der Waals surface area contributed by atoms with Crippen LogP contribution < -0.4 is 0 Å². The fourth-order valence-electron chi connectivity index (χ4n) is 6.05. The summed E-state index contributed by atoms with van der Waals surface area (Å²) in [6.07, 6.45) is 31.1. The second kappa shape index (κ2) is 35.2. The van der Waals surface area contributed by atoms with Crippen molar-refractivity contribution in [2.75, 3.05) is 13.2 Å². The van der Waals surface area contributed by atoms with Crippen LogP contribution in [0, 0.1) is 11.8 Å². The van der Waals surface area contributed by atoms with E-state index < -0.39 is 6.10 Å². The Kier molecular flexibility index (Phi) is 34.1. The molecule has 0 heterocycles. The largest absolute Gasteiger partial charge is 0.462 e. The number of esters is 3. The fraction of sp³-hybridized carbons (Fsp3) is 0.929. The van der Waals surface area contributed by atoms with E-state index in [2.05, 4.69) is 34.6 Å². The molecule has 0 N–H and O–H groups in total. The fourth-order valence-corrected chi connectivity index (χ4v) is 6.05. The molecule has 0 amide bonds. The highest BCUT2D eigenvalue weighted by atomic mass is 16.6. The van der Waals surface area contributed by atoms with Crippen molar-refractivity contribution in [3.63, 3.8) is 0 Å². The number of hydrogen-bond acceptors (Lipinski definition) is 6. The van der Waals surface area contributed by atoms with Gasteiger partial charge < -0.3 is 14.2 Å². The molecule has 0 bridgehead atoms. The van der Waals surface area contributed by atoms with E-state index in [1.54, 1.807) is 0 Å². The molecule has 0 aromatic rings. The smallest absolute Gasteiger partial charge is 0.306 e. The van der Waals surface area contributed by atoms with E-state index in [4.69, 9.17) is 14.2 Å². The Balaban J connectivity index is 4.27. The third-order valence-corrected chi connectivity index (χ3v) is 9.22. The van der Waals surface area contributed by atoms with Crippen molar-refractivity contribution in [3.05, 3.63) is 0 Å². The lowest BCUT2D eigenvalue weighted by Gasteiger charge is -2.18. The van der Waals surface area contributed by atoms with Crippen LogP contribution in [0.1, 0.15) is 221 Å². The van der Waals surface area contributed by atoms with Crippen molar-refractivity contribution in [2.24, 2.45) is 11.8 Å². The van der Waals surface area contributed by atoms with Crippen LogP contribution in [0.5, 0.6) is 0 Å². The van der Waals surface area contributed by atoms with E-state index in [9.17, 15) is 14.4 Å². The quantitative estimate of drug-likeness (QED) is 0.0372. The normalized spacial score (nSPS) is 12.1. The third kappa shape index (κ3) is 35.7. The first-order valence-electron chi connectivity index (χ1n) is 20.7. The molecule has 6 heteroatoms. The summed E-state index contributed by atoms with van der Waals surface area (Å²) in [6, 6.07) is 0. The average Bonchev–Trinajstić information content (AvgIpc) is 3.04. The molecule has 6 nitrogen and oxygen atoms in total. The number of carbonyl (C=O) groups excluding carboxylic acids is 3. The first kappa shape index (κ1) is 46.4. The summed E-state index contributed by atoms with van der Waals surface area (Å²) >= 11 is 0. The molecule has 0 rings (SSSR count). The third-order valence-electron chi connectivity index (χ3n) is 9.22. The predicted octanol–water partition coefficient (Wildman–Crippen LogP) is 12.6. The van der Waals surface area contributed by atoms with Crippen LogP contribution in [0.15, 0.2) is 0 Å². The maximum absolute atomic E-state index is 12.6. The molecule has 1 atom stereocenters. The predicted molar refractivity (Wildman–Crippen MR) is 201 cm³/mol. The van der Waals surface area contributed by atoms with Crippen LogP contribution in [-0.2, 0) is 28.6 Å². The van der Waals surface area contributed by atoms with E-state index >= 15 is 0 Å². The number of hydrogen-bond donors (Lipinski definition) is 0. The van der Waals surface area contributed by atoms with Gasteiger partial charge in [-0.3, -0.25) is 14.4 Å². The molecule has 0 fully saturated rings. The van der Waals surface area contributed by atoms with Crippen molar-refractivity contribution < 1.29 is 28.6 Å². The van der Waals surface area contributed by atoms with Gasteiger partial charge in [-0.05, 0) is 31.1 Å². The summed E-state index contributed by atoms with van der Waals surface area (Å²) in [7, 11) is 0. The number of rotatable bonds is 36. The summed E-state index contributed by atoms with van der Waals surface area (Å²) in [6.45, 7) is 11.2. The molecule has 0 aromatic heterocycles. The lowest BCUT2D eigenvalue weighted by molar-refractivity contribution is -0.167. The van der Waals surface area contributed by atoms with E-state index in [0.29, 0.717) is 19.3 Å². The van der Waals surface area contributed by atoms with Gasteiger partial charge in [0.2, 0.25) is 0 Å². The van der Waals surface area contributed by atoms with Gasteiger partial charge in [-0.15, -0.1) is 0 Å². The Morgan fingerprint density at radius 2 is 0.688 bits per heavy atom. The zero-order valence-corrected chi connectivity index (χ0v) is 32.6. The van der Waals surface area contributed by atoms with Crippen molar-refractivity contribution in [2.45, 2.75) is 227 Å². The molecule has 284 valence electrons. The van der Waals surface area contributed by atoms with Crippen LogP contribution in [0.4, 0.5) is 0 Å². The Morgan fingerprint density at radius 1 is 0.396 bits per heavy atom. The molecule has 0 unspecified atom stereocenters. The van der Waals surface area contributed by atoms with Gasteiger partial charge in [0.1, 0.15) is 13.2 Å². The van der Waals surface area contributed by atoms with Gasteiger partial charge in [-0.1, -0.05) is 182 Å². The van der Waals surface area contributed by atoms with E-state index in [-0.39, 0.29) is 31.1 Å². The maximum Gasteiger partial charge on any atom is 0.306 e. The molecule has 0 radical (unpaired) electrons. The molecule has 0 aliphatic carbocycles. The van der Waals surface area contributed by atoms with Gasteiger partial charge in [-0.25, -0.2) is 0 Å². The van der Waals surface area contributed by atoms with Gasteiger partial charge in [0, 0.05) is 19.3 Å². The van der Waals surface area contributed by atoms with Crippen molar-refractivity contribution in [3.8, 4) is 0 Å². The number of carbonyl (C=O) groups is 3. The van der Waals surface area contributed by atoms with Crippen LogP contribution in [0.25, 0.3) is 0 Å². The summed E-state index contributed by atoms with van der Waals surface area (Å²) in [5.74, 6) is 0.712. The highest BCUT2D eigenvalue weighted by molar-refractivity contribution is 5.71. The van der Waals surface area contributed by atoms with Crippen molar-refractivity contribution in [1.29, 1.82) is 0 Å². The van der Waals surface area contributed by atoms with E-state index in [0.717, 1.165) is 69.6 Å². The summed E-state index contributed by atoms with van der Waals surface area (Å²) < 4.78 is 16.6. The lowest BCUT2D eigenvalue weighted by atomic mass is 10.0. The molecule has 48 heavy (non-hydrogen) atoms. The Morgan fingerprint density at radius 3 is 1.02 bits per heavy atom. The van der Waals surface area contributed by atoms with Crippen LogP contribution in [0.2, 0.25) is 0 Å². The minimum atomic E-state index is -0.759. The highest BCUT2D eigenvalue weighted by Crippen LogP contribution is 2.16. The van der Waals surface area contributed by atoms with E-state index in [1.807, 2.05) is 0 Å². The van der Waals surface area contributed by atoms with Crippen LogP contribution >= 0.6 is 0 Å². The Labute approximate surface area is 298 Å². The molecule has 0 aliphatic heterocycles. The first-order chi connectivity index (χ1) is 23.2. The molecular formula is C42H80O6. The number of unbranched alkanes of at least 4 members (excludes halogenated alkanes) is 21. The molecule has 0 saturated heterocycles. The van der Waals surface area contributed by atoms with Gasteiger partial charge in [0.15, 0.2) is 6.10 Å². The molecular weight excluding hydrogens is 600 g/mol. The van der Waals surface area contributed by atoms with E-state index in [1.165, 1.54) is 109 Å². The second-order valence-corrected chi connectivity index (χ2v) is 15.2. The summed E-state index contributed by atoms with van der Waals surface area (Å²) in [4.78, 5) is 37.4. The molecule has 0 saturated carbocycles. The summed E-state index contributed by atoms with van der Waals surface area (Å²) in [5, 5.41) is 0. The van der Waals surface area contributed by atoms with Crippen molar-refractivity contribution >= 4 is 17.9 Å². The van der Waals surface area contributed by atoms with Crippen LogP contribution in [0.3, 0.4) is 0 Å². The van der Waals surface area contributed by atoms with Gasteiger partial charge >= 0.3 is 17.9 Å².